The number of hydrogen-bond acceptors (Lipinski definition) is 4. The van der Waals surface area contributed by atoms with E-state index >= 15 is 0 Å². The maximum Gasteiger partial charge on any atom is 0.167 e. The minimum atomic E-state index is -0.450. The zero-order valence-corrected chi connectivity index (χ0v) is 10.4. The molecule has 0 aliphatic carbocycles. The third kappa shape index (κ3) is 3.78. The Morgan fingerprint density at radius 2 is 2.18 bits per heavy atom. The molecule has 1 aromatic carbocycles. The van der Waals surface area contributed by atoms with E-state index in [9.17, 15) is 4.39 Å². The number of ether oxygens (including phenoxy) is 2. The molecule has 0 saturated carbocycles. The third-order valence-corrected chi connectivity index (χ3v) is 2.22. The maximum atomic E-state index is 13.4. The molecule has 0 aliphatic rings. The smallest absolute Gasteiger partial charge is 0.167 e. The Kier molecular flexibility index (Phi) is 5.03. The lowest BCUT2D eigenvalue weighted by Crippen LogP contribution is -2.21. The van der Waals surface area contributed by atoms with Crippen LogP contribution in [0.25, 0.3) is 0 Å². The van der Waals surface area contributed by atoms with Crippen molar-refractivity contribution in [3.63, 3.8) is 0 Å². The lowest BCUT2D eigenvalue weighted by atomic mass is 10.2. The fourth-order valence-corrected chi connectivity index (χ4v) is 1.52. The van der Waals surface area contributed by atoms with Crippen LogP contribution in [0.2, 0.25) is 0 Å². The molecule has 0 saturated heterocycles. The monoisotopic (exact) mass is 242 g/mol. The Labute approximate surface area is 101 Å². The Bertz CT molecular complexity index is 372. The summed E-state index contributed by atoms with van der Waals surface area (Å²) in [6, 6.07) is 2.91. The Morgan fingerprint density at radius 1 is 1.47 bits per heavy atom. The first kappa shape index (κ1) is 13.6. The molecule has 0 aromatic heterocycles. The van der Waals surface area contributed by atoms with Crippen LogP contribution >= 0.6 is 0 Å². The summed E-state index contributed by atoms with van der Waals surface area (Å²) in [5.41, 5.74) is 6.74. The van der Waals surface area contributed by atoms with E-state index in [0.717, 1.165) is 0 Å². The minimum absolute atomic E-state index is 0.0854. The van der Waals surface area contributed by atoms with Crippen molar-refractivity contribution in [1.82, 2.24) is 0 Å². The van der Waals surface area contributed by atoms with E-state index in [-0.39, 0.29) is 11.8 Å². The highest BCUT2D eigenvalue weighted by Crippen LogP contribution is 2.28. The molecule has 0 spiro atoms. The first-order valence-corrected chi connectivity index (χ1v) is 5.55. The van der Waals surface area contributed by atoms with Crippen LogP contribution in [0, 0.1) is 5.82 Å². The molecule has 3 N–H and O–H groups in total. The fourth-order valence-electron chi connectivity index (χ4n) is 1.52. The normalized spacial score (nSPS) is 12.2. The van der Waals surface area contributed by atoms with Crippen LogP contribution in [-0.2, 0) is 4.74 Å². The van der Waals surface area contributed by atoms with Gasteiger partial charge in [0.05, 0.1) is 24.6 Å². The van der Waals surface area contributed by atoms with Gasteiger partial charge in [0.25, 0.3) is 0 Å². The molecular weight excluding hydrogens is 223 g/mol. The highest BCUT2D eigenvalue weighted by Gasteiger charge is 2.10. The number of nitrogens with one attached hydrogen (secondary N) is 1. The van der Waals surface area contributed by atoms with Crippen molar-refractivity contribution in [2.45, 2.75) is 19.9 Å². The van der Waals surface area contributed by atoms with Crippen LogP contribution in [0.5, 0.6) is 5.75 Å². The minimum Gasteiger partial charge on any atom is -0.491 e. The summed E-state index contributed by atoms with van der Waals surface area (Å²) in [7, 11) is 1.62. The summed E-state index contributed by atoms with van der Waals surface area (Å²) in [6.07, 6.45) is 0. The number of rotatable bonds is 6. The van der Waals surface area contributed by atoms with Crippen LogP contribution in [-0.4, -0.2) is 26.4 Å². The Morgan fingerprint density at radius 3 is 2.76 bits per heavy atom. The van der Waals surface area contributed by atoms with Crippen LogP contribution in [0.15, 0.2) is 12.1 Å². The average Bonchev–Trinajstić information content (AvgIpc) is 2.25. The summed E-state index contributed by atoms with van der Waals surface area (Å²) in [6.45, 7) is 4.71. The van der Waals surface area contributed by atoms with E-state index in [0.29, 0.717) is 24.6 Å². The molecule has 4 nitrogen and oxygen atoms in total. The molecule has 96 valence electrons. The molecule has 0 fully saturated rings. The molecule has 0 radical (unpaired) electrons. The van der Waals surface area contributed by atoms with Gasteiger partial charge in [-0.15, -0.1) is 0 Å². The van der Waals surface area contributed by atoms with Crippen molar-refractivity contribution in [2.24, 2.45) is 0 Å². The number of benzene rings is 1. The SMILES string of the molecule is CCOc1cc(NC(C)COC)c(N)cc1F. The molecule has 0 aliphatic heterocycles. The van der Waals surface area contributed by atoms with Crippen molar-refractivity contribution >= 4 is 11.4 Å². The zero-order valence-electron chi connectivity index (χ0n) is 10.4. The standard InChI is InChI=1S/C12H19FN2O2/c1-4-17-12-6-11(10(14)5-9(12)13)15-8(2)7-16-3/h5-6,8,15H,4,7,14H2,1-3H3. The Hall–Kier alpha value is -1.49. The lowest BCUT2D eigenvalue weighted by molar-refractivity contribution is 0.190. The van der Waals surface area contributed by atoms with Gasteiger partial charge in [0.2, 0.25) is 0 Å². The molecule has 0 amide bonds. The predicted molar refractivity (Wildman–Crippen MR) is 66.9 cm³/mol. The quantitative estimate of drug-likeness (QED) is 0.751. The van der Waals surface area contributed by atoms with E-state index in [1.165, 1.54) is 6.07 Å². The molecule has 5 heteroatoms. The topological polar surface area (TPSA) is 56.5 Å². The molecule has 17 heavy (non-hydrogen) atoms. The van der Waals surface area contributed by atoms with Crippen molar-refractivity contribution in [3.8, 4) is 5.75 Å². The van der Waals surface area contributed by atoms with Crippen molar-refractivity contribution < 1.29 is 13.9 Å². The van der Waals surface area contributed by atoms with Crippen molar-refractivity contribution in [1.29, 1.82) is 0 Å². The number of methoxy groups -OCH3 is 1. The van der Waals surface area contributed by atoms with Gasteiger partial charge in [0.1, 0.15) is 0 Å². The second kappa shape index (κ2) is 6.30. The van der Waals surface area contributed by atoms with Gasteiger partial charge in [-0.25, -0.2) is 4.39 Å². The number of nitrogens with two attached hydrogens (primary N) is 1. The third-order valence-electron chi connectivity index (χ3n) is 2.22. The van der Waals surface area contributed by atoms with E-state index in [1.807, 2.05) is 6.92 Å². The van der Waals surface area contributed by atoms with Gasteiger partial charge < -0.3 is 20.5 Å². The van der Waals surface area contributed by atoms with Crippen molar-refractivity contribution in [2.75, 3.05) is 31.4 Å². The van der Waals surface area contributed by atoms with Gasteiger partial charge in [-0.05, 0) is 13.8 Å². The van der Waals surface area contributed by atoms with Gasteiger partial charge in [-0.2, -0.15) is 0 Å². The van der Waals surface area contributed by atoms with Crippen LogP contribution in [0.1, 0.15) is 13.8 Å². The average molecular weight is 242 g/mol. The second-order valence-electron chi connectivity index (χ2n) is 3.80. The molecule has 1 aromatic rings. The number of halogens is 1. The van der Waals surface area contributed by atoms with Gasteiger partial charge in [-0.1, -0.05) is 0 Å². The van der Waals surface area contributed by atoms with Gasteiger partial charge in [-0.3, -0.25) is 0 Å². The van der Waals surface area contributed by atoms with Gasteiger partial charge in [0.15, 0.2) is 11.6 Å². The summed E-state index contributed by atoms with van der Waals surface area (Å²) >= 11 is 0. The van der Waals surface area contributed by atoms with Crippen LogP contribution in [0.3, 0.4) is 0 Å². The molecule has 1 rings (SSSR count). The van der Waals surface area contributed by atoms with Gasteiger partial charge >= 0.3 is 0 Å². The van der Waals surface area contributed by atoms with Crippen LogP contribution < -0.4 is 15.8 Å². The van der Waals surface area contributed by atoms with E-state index in [4.69, 9.17) is 15.2 Å². The Balaban J connectivity index is 2.87. The highest BCUT2D eigenvalue weighted by atomic mass is 19.1. The number of anilines is 2. The van der Waals surface area contributed by atoms with E-state index < -0.39 is 5.82 Å². The largest absolute Gasteiger partial charge is 0.491 e. The summed E-state index contributed by atoms with van der Waals surface area (Å²) < 4.78 is 23.6. The first-order valence-electron chi connectivity index (χ1n) is 5.55. The second-order valence-corrected chi connectivity index (χ2v) is 3.80. The van der Waals surface area contributed by atoms with E-state index in [1.54, 1.807) is 20.1 Å². The summed E-state index contributed by atoms with van der Waals surface area (Å²) in [5, 5.41) is 3.14. The molecule has 1 unspecified atom stereocenters. The van der Waals surface area contributed by atoms with E-state index in [2.05, 4.69) is 5.32 Å². The summed E-state index contributed by atoms with van der Waals surface area (Å²) in [5.74, 6) is -0.247. The summed E-state index contributed by atoms with van der Waals surface area (Å²) in [4.78, 5) is 0. The first-order chi connectivity index (χ1) is 8.08. The molecule has 1 atom stereocenters. The highest BCUT2D eigenvalue weighted by molar-refractivity contribution is 5.68. The van der Waals surface area contributed by atoms with Gasteiger partial charge in [0, 0.05) is 25.3 Å². The molecule has 0 heterocycles. The number of hydrogen-bond donors (Lipinski definition) is 2. The number of nitrogen functional groups attached to an aromatic ring is 1. The lowest BCUT2D eigenvalue weighted by Gasteiger charge is -2.17. The predicted octanol–water partition coefficient (Wildman–Crippen LogP) is 2.25. The van der Waals surface area contributed by atoms with Crippen LogP contribution in [0.4, 0.5) is 15.8 Å². The zero-order chi connectivity index (χ0) is 12.8. The fraction of sp³-hybridized carbons (Fsp3) is 0.500. The molecule has 0 bridgehead atoms. The maximum absolute atomic E-state index is 13.4. The molecular formula is C12H19FN2O2. The van der Waals surface area contributed by atoms with Crippen molar-refractivity contribution in [3.05, 3.63) is 17.9 Å².